The average Bonchev–Trinajstić information content (AvgIpc) is 2.12. The van der Waals surface area contributed by atoms with Gasteiger partial charge in [0, 0.05) is 6.54 Å². The van der Waals surface area contributed by atoms with Crippen LogP contribution in [0, 0.1) is 10.1 Å². The molecule has 54 valence electrons. The predicted molar refractivity (Wildman–Crippen MR) is 33.3 cm³/mol. The van der Waals surface area contributed by atoms with Gasteiger partial charge in [-0.25, -0.2) is 10.1 Å². The zero-order valence-corrected chi connectivity index (χ0v) is 4.33. The Morgan fingerprint density at radius 2 is 2.33 bits per heavy atom. The highest BCUT2D eigenvalue weighted by molar-refractivity contribution is 4.55. The number of nitrogens with zero attached hydrogens (tertiary/aromatic N) is 2. The molecular weight excluding hydrogens is 122 g/mol. The maximum Gasteiger partial charge on any atom is 0.161 e. The van der Waals surface area contributed by atoms with E-state index >= 15 is 0 Å². The summed E-state index contributed by atoms with van der Waals surface area (Å²) in [5.74, 6) is 0. The highest BCUT2D eigenvalue weighted by Crippen LogP contribution is 1.89. The van der Waals surface area contributed by atoms with E-state index in [2.05, 4.69) is 5.32 Å². The third-order valence-electron chi connectivity index (χ3n) is 1.07. The summed E-state index contributed by atoms with van der Waals surface area (Å²) in [7, 11) is 0. The molecule has 1 aliphatic heterocycles. The fraction of sp³-hybridized carbons (Fsp3) is 1.00. The fourth-order valence-corrected chi connectivity index (χ4v) is 0.635. The first kappa shape index (κ1) is 8.16. The van der Waals surface area contributed by atoms with Gasteiger partial charge in [-0.3, -0.25) is 5.32 Å². The molecule has 0 aromatic carbocycles. The van der Waals surface area contributed by atoms with Crippen LogP contribution in [0.3, 0.4) is 0 Å². The lowest BCUT2D eigenvalue weighted by molar-refractivity contribution is -0.651. The van der Waals surface area contributed by atoms with E-state index in [1.165, 1.54) is 0 Å². The largest absolute Gasteiger partial charge is 0.293 e. The minimum atomic E-state index is -0.389. The van der Waals surface area contributed by atoms with Crippen LogP contribution in [0.15, 0.2) is 0 Å². The van der Waals surface area contributed by atoms with Crippen molar-refractivity contribution in [1.82, 2.24) is 10.3 Å². The van der Waals surface area contributed by atoms with Gasteiger partial charge in [-0.05, 0) is 0 Å². The Hall–Kier alpha value is -0.840. The smallest absolute Gasteiger partial charge is 0.161 e. The molecule has 9 heavy (non-hydrogen) atoms. The van der Waals surface area contributed by atoms with Crippen molar-refractivity contribution in [2.75, 3.05) is 19.8 Å². The molecule has 5 heteroatoms. The molecule has 0 bridgehead atoms. The van der Waals surface area contributed by atoms with Crippen LogP contribution in [0.25, 0.3) is 0 Å². The summed E-state index contributed by atoms with van der Waals surface area (Å²) in [4.78, 5) is 9.89. The normalized spacial score (nSPS) is 17.1. The second kappa shape index (κ2) is 3.24. The summed E-state index contributed by atoms with van der Waals surface area (Å²) >= 11 is 0. The van der Waals surface area contributed by atoms with Gasteiger partial charge < -0.3 is 0 Å². The van der Waals surface area contributed by atoms with Gasteiger partial charge in [0.2, 0.25) is 0 Å². The van der Waals surface area contributed by atoms with E-state index in [1.54, 1.807) is 0 Å². The molecule has 1 saturated heterocycles. The molecule has 1 fully saturated rings. The van der Waals surface area contributed by atoms with Gasteiger partial charge in [0.1, 0.15) is 6.67 Å². The Labute approximate surface area is 53.8 Å². The first-order valence-electron chi connectivity index (χ1n) is 2.40. The zero-order valence-electron chi connectivity index (χ0n) is 4.33. The first-order valence-corrected chi connectivity index (χ1v) is 2.40. The summed E-state index contributed by atoms with van der Waals surface area (Å²) in [6.07, 6.45) is 0. The second-order valence-electron chi connectivity index (χ2n) is 1.63. The third kappa shape index (κ3) is 1.85. The Morgan fingerprint density at radius 1 is 1.67 bits per heavy atom. The van der Waals surface area contributed by atoms with Gasteiger partial charge in [0.05, 0.1) is 6.54 Å². The Balaban J connectivity index is 0.000000640. The summed E-state index contributed by atoms with van der Waals surface area (Å²) in [5, 5.41) is 13.5. The van der Waals surface area contributed by atoms with Gasteiger partial charge in [-0.2, -0.15) is 0 Å². The van der Waals surface area contributed by atoms with Crippen molar-refractivity contribution < 1.29 is 5.03 Å². The Kier molecular flexibility index (Phi) is 2.94. The lowest BCUT2D eigenvalue weighted by Gasteiger charge is -2.00. The minimum absolute atomic E-state index is 0. The van der Waals surface area contributed by atoms with Gasteiger partial charge in [-0.1, -0.05) is 7.43 Å². The van der Waals surface area contributed by atoms with E-state index < -0.39 is 0 Å². The van der Waals surface area contributed by atoms with E-state index in [0.717, 1.165) is 11.6 Å². The highest BCUT2D eigenvalue weighted by atomic mass is 16.7. The zero-order chi connectivity index (χ0) is 5.98. The summed E-state index contributed by atoms with van der Waals surface area (Å²) in [5.41, 5.74) is 0. The monoisotopic (exact) mass is 133 g/mol. The molecule has 0 saturated carbocycles. The molecule has 0 atom stereocenters. The SMILES string of the molecule is C.O=[N+]([O-])N1CCNC1. The molecule has 1 rings (SSSR count). The molecule has 1 N–H and O–H groups in total. The van der Waals surface area contributed by atoms with Crippen molar-refractivity contribution >= 4 is 0 Å². The van der Waals surface area contributed by atoms with Gasteiger partial charge in [0.15, 0.2) is 5.03 Å². The van der Waals surface area contributed by atoms with Crippen LogP contribution in [0.1, 0.15) is 7.43 Å². The van der Waals surface area contributed by atoms with Crippen LogP contribution in [-0.4, -0.2) is 29.8 Å². The van der Waals surface area contributed by atoms with Crippen LogP contribution in [0.5, 0.6) is 0 Å². The van der Waals surface area contributed by atoms with Gasteiger partial charge >= 0.3 is 0 Å². The summed E-state index contributed by atoms with van der Waals surface area (Å²) in [6, 6.07) is 0. The van der Waals surface area contributed by atoms with E-state index in [-0.39, 0.29) is 12.5 Å². The standard InChI is InChI=1S/C3H7N3O2.CH4/c7-6(8)5-2-1-4-3-5;/h4H,1-3H2;1H4. The maximum atomic E-state index is 9.89. The van der Waals surface area contributed by atoms with Crippen LogP contribution >= 0.6 is 0 Å². The summed E-state index contributed by atoms with van der Waals surface area (Å²) in [6.45, 7) is 1.63. The molecule has 1 aliphatic rings. The minimum Gasteiger partial charge on any atom is -0.293 e. The molecular formula is C4H11N3O2. The van der Waals surface area contributed by atoms with Crippen molar-refractivity contribution in [3.05, 3.63) is 10.1 Å². The van der Waals surface area contributed by atoms with Crippen molar-refractivity contribution in [3.8, 4) is 0 Å². The van der Waals surface area contributed by atoms with Crippen LogP contribution in [-0.2, 0) is 0 Å². The first-order chi connectivity index (χ1) is 3.80. The van der Waals surface area contributed by atoms with Crippen molar-refractivity contribution in [2.24, 2.45) is 0 Å². The van der Waals surface area contributed by atoms with E-state index in [4.69, 9.17) is 0 Å². The lowest BCUT2D eigenvalue weighted by Crippen LogP contribution is -2.28. The molecule has 0 aromatic heterocycles. The van der Waals surface area contributed by atoms with Crippen LogP contribution < -0.4 is 5.32 Å². The predicted octanol–water partition coefficient (Wildman–Crippen LogP) is -0.323. The Morgan fingerprint density at radius 3 is 2.56 bits per heavy atom. The molecule has 0 spiro atoms. The van der Waals surface area contributed by atoms with Gasteiger partial charge in [0.25, 0.3) is 0 Å². The van der Waals surface area contributed by atoms with Crippen molar-refractivity contribution in [1.29, 1.82) is 0 Å². The number of nitro groups is 1. The summed E-state index contributed by atoms with van der Waals surface area (Å²) < 4.78 is 0. The number of hydrogen-bond donors (Lipinski definition) is 1. The fourth-order valence-electron chi connectivity index (χ4n) is 0.635. The highest BCUT2D eigenvalue weighted by Gasteiger charge is 2.17. The van der Waals surface area contributed by atoms with Gasteiger partial charge in [-0.15, -0.1) is 5.01 Å². The molecule has 0 amide bonds. The Bertz CT molecular complexity index is 100.0. The number of rotatable bonds is 1. The molecule has 1 heterocycles. The second-order valence-corrected chi connectivity index (χ2v) is 1.63. The molecule has 0 aliphatic carbocycles. The number of nitrogens with one attached hydrogen (secondary N) is 1. The molecule has 0 radical (unpaired) electrons. The molecule has 0 aromatic rings. The van der Waals surface area contributed by atoms with Crippen molar-refractivity contribution in [2.45, 2.75) is 7.43 Å². The van der Waals surface area contributed by atoms with Crippen LogP contribution in [0.2, 0.25) is 0 Å². The van der Waals surface area contributed by atoms with E-state index in [9.17, 15) is 10.1 Å². The maximum absolute atomic E-state index is 9.89. The number of hydrogen-bond acceptors (Lipinski definition) is 3. The lowest BCUT2D eigenvalue weighted by atomic mass is 10.7. The molecule has 5 nitrogen and oxygen atoms in total. The topological polar surface area (TPSA) is 58.4 Å². The van der Waals surface area contributed by atoms with E-state index in [1.807, 2.05) is 0 Å². The quantitative estimate of drug-likeness (QED) is 0.393. The third-order valence-corrected chi connectivity index (χ3v) is 1.07. The molecule has 0 unspecified atom stereocenters. The van der Waals surface area contributed by atoms with Crippen LogP contribution in [0.4, 0.5) is 0 Å². The average molecular weight is 133 g/mol. The van der Waals surface area contributed by atoms with Crippen molar-refractivity contribution in [3.63, 3.8) is 0 Å². The van der Waals surface area contributed by atoms with E-state index in [0.29, 0.717) is 13.2 Å². The number of hydrazine groups is 1.